The Hall–Kier alpha value is -1.61. The maximum atomic E-state index is 4.30. The van der Waals surface area contributed by atoms with Crippen molar-refractivity contribution in [1.29, 1.82) is 0 Å². The molecule has 1 aliphatic carbocycles. The molecule has 1 fully saturated rings. The average molecular weight is 227 g/mol. The van der Waals surface area contributed by atoms with Crippen LogP contribution in [-0.4, -0.2) is 16.0 Å². The quantitative estimate of drug-likeness (QED) is 0.842. The molecule has 1 heterocycles. The molecule has 3 rings (SSSR count). The van der Waals surface area contributed by atoms with Crippen LogP contribution >= 0.6 is 0 Å². The van der Waals surface area contributed by atoms with Crippen LogP contribution in [0, 0.1) is 6.92 Å². The second-order valence-electron chi connectivity index (χ2n) is 4.71. The van der Waals surface area contributed by atoms with Gasteiger partial charge < -0.3 is 10.3 Å². The molecule has 3 nitrogen and oxygen atoms in total. The molecular formula is C14H17N3. The van der Waals surface area contributed by atoms with E-state index in [1.165, 1.54) is 12.0 Å². The molecule has 3 heteroatoms. The van der Waals surface area contributed by atoms with Crippen LogP contribution in [0.1, 0.15) is 29.3 Å². The van der Waals surface area contributed by atoms with Gasteiger partial charge in [0.2, 0.25) is 0 Å². The minimum atomic E-state index is 0.619. The molecule has 2 unspecified atom stereocenters. The molecule has 1 aromatic heterocycles. The summed E-state index contributed by atoms with van der Waals surface area (Å²) in [6.07, 6.45) is 3.00. The Morgan fingerprint density at radius 3 is 2.88 bits per heavy atom. The van der Waals surface area contributed by atoms with Gasteiger partial charge in [-0.05, 0) is 18.9 Å². The van der Waals surface area contributed by atoms with Gasteiger partial charge in [-0.25, -0.2) is 4.98 Å². The van der Waals surface area contributed by atoms with Crippen molar-refractivity contribution < 1.29 is 0 Å². The maximum Gasteiger partial charge on any atom is 0.0925 e. The average Bonchev–Trinajstić information content (AvgIpc) is 3.04. The highest BCUT2D eigenvalue weighted by Crippen LogP contribution is 2.40. The van der Waals surface area contributed by atoms with Crippen LogP contribution in [0.15, 0.2) is 36.7 Å². The fourth-order valence-corrected chi connectivity index (χ4v) is 2.28. The second-order valence-corrected chi connectivity index (χ2v) is 4.71. The lowest BCUT2D eigenvalue weighted by Gasteiger charge is -2.03. The SMILES string of the molecule is Cc1[nH]cnc1CNC1CC1c1ccccc1. The van der Waals surface area contributed by atoms with Gasteiger partial charge in [-0.2, -0.15) is 0 Å². The first-order valence-electron chi connectivity index (χ1n) is 6.12. The van der Waals surface area contributed by atoms with E-state index in [9.17, 15) is 0 Å². The first kappa shape index (κ1) is 10.5. The fraction of sp³-hybridized carbons (Fsp3) is 0.357. The minimum absolute atomic E-state index is 0.619. The van der Waals surface area contributed by atoms with Crippen molar-refractivity contribution in [2.45, 2.75) is 31.8 Å². The Morgan fingerprint density at radius 2 is 2.18 bits per heavy atom. The van der Waals surface area contributed by atoms with Gasteiger partial charge in [0.15, 0.2) is 0 Å². The molecular weight excluding hydrogens is 210 g/mol. The molecule has 0 spiro atoms. The van der Waals surface area contributed by atoms with Gasteiger partial charge in [-0.3, -0.25) is 0 Å². The zero-order valence-electron chi connectivity index (χ0n) is 9.98. The van der Waals surface area contributed by atoms with Crippen LogP contribution in [0.4, 0.5) is 0 Å². The summed E-state index contributed by atoms with van der Waals surface area (Å²) in [5.74, 6) is 0.690. The number of benzene rings is 1. The van der Waals surface area contributed by atoms with Crippen LogP contribution < -0.4 is 5.32 Å². The predicted molar refractivity (Wildman–Crippen MR) is 67.8 cm³/mol. The molecule has 2 atom stereocenters. The van der Waals surface area contributed by atoms with Crippen molar-refractivity contribution in [2.24, 2.45) is 0 Å². The van der Waals surface area contributed by atoms with E-state index in [4.69, 9.17) is 0 Å². The Morgan fingerprint density at radius 1 is 1.35 bits per heavy atom. The third-order valence-electron chi connectivity index (χ3n) is 3.48. The monoisotopic (exact) mass is 227 g/mol. The topological polar surface area (TPSA) is 40.7 Å². The summed E-state index contributed by atoms with van der Waals surface area (Å²) >= 11 is 0. The van der Waals surface area contributed by atoms with E-state index >= 15 is 0 Å². The number of aromatic nitrogens is 2. The molecule has 0 bridgehead atoms. The molecule has 0 saturated heterocycles. The Kier molecular flexibility index (Phi) is 2.69. The number of hydrogen-bond donors (Lipinski definition) is 2. The molecule has 0 aliphatic heterocycles. The van der Waals surface area contributed by atoms with Crippen LogP contribution in [-0.2, 0) is 6.54 Å². The van der Waals surface area contributed by atoms with Crippen LogP contribution in [0.25, 0.3) is 0 Å². The largest absolute Gasteiger partial charge is 0.348 e. The highest BCUT2D eigenvalue weighted by Gasteiger charge is 2.37. The summed E-state index contributed by atoms with van der Waals surface area (Å²) < 4.78 is 0. The van der Waals surface area contributed by atoms with Crippen molar-refractivity contribution in [1.82, 2.24) is 15.3 Å². The number of aromatic amines is 1. The first-order valence-corrected chi connectivity index (χ1v) is 6.12. The Bertz CT molecular complexity index is 489. The predicted octanol–water partition coefficient (Wildman–Crippen LogP) is 2.36. The van der Waals surface area contributed by atoms with E-state index in [0.29, 0.717) is 12.0 Å². The fourth-order valence-electron chi connectivity index (χ4n) is 2.28. The highest BCUT2D eigenvalue weighted by atomic mass is 15.0. The lowest BCUT2D eigenvalue weighted by atomic mass is 10.1. The summed E-state index contributed by atoms with van der Waals surface area (Å²) in [4.78, 5) is 7.40. The van der Waals surface area contributed by atoms with E-state index in [2.05, 4.69) is 52.5 Å². The summed E-state index contributed by atoms with van der Waals surface area (Å²) in [6, 6.07) is 11.3. The van der Waals surface area contributed by atoms with E-state index in [-0.39, 0.29) is 0 Å². The van der Waals surface area contributed by atoms with Crippen molar-refractivity contribution in [3.63, 3.8) is 0 Å². The third-order valence-corrected chi connectivity index (χ3v) is 3.48. The van der Waals surface area contributed by atoms with Crippen molar-refractivity contribution in [2.75, 3.05) is 0 Å². The van der Waals surface area contributed by atoms with Gasteiger partial charge in [0.1, 0.15) is 0 Å². The second kappa shape index (κ2) is 4.34. The minimum Gasteiger partial charge on any atom is -0.348 e. The summed E-state index contributed by atoms with van der Waals surface area (Å²) in [5.41, 5.74) is 3.74. The van der Waals surface area contributed by atoms with Gasteiger partial charge in [0, 0.05) is 24.2 Å². The van der Waals surface area contributed by atoms with E-state index in [0.717, 1.165) is 17.9 Å². The summed E-state index contributed by atoms with van der Waals surface area (Å²) in [6.45, 7) is 2.93. The molecule has 1 aromatic carbocycles. The zero-order valence-corrected chi connectivity index (χ0v) is 9.98. The Labute approximate surface area is 101 Å². The number of H-pyrrole nitrogens is 1. The highest BCUT2D eigenvalue weighted by molar-refractivity contribution is 5.27. The van der Waals surface area contributed by atoms with Crippen LogP contribution in [0.2, 0.25) is 0 Å². The van der Waals surface area contributed by atoms with E-state index in [1.54, 1.807) is 6.33 Å². The standard InChI is InChI=1S/C14H17N3/c1-10-14(17-9-16-10)8-15-13-7-12(13)11-5-3-2-4-6-11/h2-6,9,12-13,15H,7-8H2,1H3,(H,16,17). The van der Waals surface area contributed by atoms with Crippen molar-refractivity contribution in [3.8, 4) is 0 Å². The molecule has 17 heavy (non-hydrogen) atoms. The summed E-state index contributed by atoms with van der Waals surface area (Å²) in [7, 11) is 0. The molecule has 2 aromatic rings. The van der Waals surface area contributed by atoms with Gasteiger partial charge >= 0.3 is 0 Å². The number of rotatable bonds is 4. The molecule has 0 radical (unpaired) electrons. The van der Waals surface area contributed by atoms with Gasteiger partial charge in [0.25, 0.3) is 0 Å². The van der Waals surface area contributed by atoms with Gasteiger partial charge in [-0.15, -0.1) is 0 Å². The van der Waals surface area contributed by atoms with Crippen molar-refractivity contribution >= 4 is 0 Å². The lowest BCUT2D eigenvalue weighted by molar-refractivity contribution is 0.660. The summed E-state index contributed by atoms with van der Waals surface area (Å²) in [5, 5.41) is 3.57. The zero-order chi connectivity index (χ0) is 11.7. The number of imidazole rings is 1. The molecule has 1 aliphatic rings. The number of aryl methyl sites for hydroxylation is 1. The van der Waals surface area contributed by atoms with E-state index < -0.39 is 0 Å². The van der Waals surface area contributed by atoms with Gasteiger partial charge in [-0.1, -0.05) is 30.3 Å². The molecule has 2 N–H and O–H groups in total. The number of nitrogens with one attached hydrogen (secondary N) is 2. The van der Waals surface area contributed by atoms with E-state index in [1.807, 2.05) is 0 Å². The first-order chi connectivity index (χ1) is 8.34. The van der Waals surface area contributed by atoms with Crippen LogP contribution in [0.5, 0.6) is 0 Å². The Balaban J connectivity index is 1.55. The third kappa shape index (κ3) is 2.24. The number of hydrogen-bond acceptors (Lipinski definition) is 2. The van der Waals surface area contributed by atoms with Crippen molar-refractivity contribution in [3.05, 3.63) is 53.6 Å². The smallest absolute Gasteiger partial charge is 0.0925 e. The normalized spacial score (nSPS) is 22.6. The lowest BCUT2D eigenvalue weighted by Crippen LogP contribution is -2.18. The van der Waals surface area contributed by atoms with Gasteiger partial charge in [0.05, 0.1) is 12.0 Å². The number of nitrogens with zero attached hydrogens (tertiary/aromatic N) is 1. The molecule has 1 saturated carbocycles. The molecule has 0 amide bonds. The maximum absolute atomic E-state index is 4.30. The van der Waals surface area contributed by atoms with Crippen LogP contribution in [0.3, 0.4) is 0 Å². The molecule has 88 valence electrons.